The molecule has 1 aromatic rings. The predicted octanol–water partition coefficient (Wildman–Crippen LogP) is 3.49. The highest BCUT2D eigenvalue weighted by atomic mass is 32.2. The van der Waals surface area contributed by atoms with Gasteiger partial charge in [-0.05, 0) is 42.8 Å². The fourth-order valence-electron chi connectivity index (χ4n) is 1.75. The maximum absolute atomic E-state index is 13.1. The Hall–Kier alpha value is -0.540. The molecule has 3 heteroatoms. The second-order valence-electron chi connectivity index (χ2n) is 4.14. The molecule has 1 aromatic carbocycles. The predicted molar refractivity (Wildman–Crippen MR) is 75.2 cm³/mol. The summed E-state index contributed by atoms with van der Waals surface area (Å²) < 4.78 is 13.1. The first-order chi connectivity index (χ1) is 8.26. The van der Waals surface area contributed by atoms with Crippen LogP contribution >= 0.6 is 11.8 Å². The molecule has 0 fully saturated rings. The summed E-state index contributed by atoms with van der Waals surface area (Å²) in [4.78, 5) is 0. The number of hydrogen-bond acceptors (Lipinski definition) is 2. The van der Waals surface area contributed by atoms with Gasteiger partial charge in [0.25, 0.3) is 0 Å². The zero-order valence-electron chi connectivity index (χ0n) is 10.7. The highest BCUT2D eigenvalue weighted by molar-refractivity contribution is 7.99. The van der Waals surface area contributed by atoms with E-state index in [0.29, 0.717) is 6.04 Å². The zero-order chi connectivity index (χ0) is 12.5. The van der Waals surface area contributed by atoms with Crippen LogP contribution in [0.4, 0.5) is 4.39 Å². The molecular weight excluding hydrogens is 233 g/mol. The number of benzene rings is 1. The van der Waals surface area contributed by atoms with Crippen molar-refractivity contribution in [2.45, 2.75) is 32.7 Å². The molecule has 0 saturated carbocycles. The Balaban J connectivity index is 2.51. The van der Waals surface area contributed by atoms with Crippen LogP contribution in [0.3, 0.4) is 0 Å². The van der Waals surface area contributed by atoms with Crippen LogP contribution in [0.2, 0.25) is 0 Å². The van der Waals surface area contributed by atoms with Gasteiger partial charge in [-0.3, -0.25) is 0 Å². The van der Waals surface area contributed by atoms with Crippen molar-refractivity contribution in [2.75, 3.05) is 18.1 Å². The lowest BCUT2D eigenvalue weighted by molar-refractivity contribution is 0.547. The molecule has 0 spiro atoms. The average Bonchev–Trinajstić information content (AvgIpc) is 2.32. The molecule has 1 nitrogen and oxygen atoms in total. The average molecular weight is 255 g/mol. The van der Waals surface area contributed by atoms with E-state index in [0.717, 1.165) is 36.5 Å². The minimum atomic E-state index is -0.139. The first kappa shape index (κ1) is 14.5. The van der Waals surface area contributed by atoms with E-state index < -0.39 is 0 Å². The minimum Gasteiger partial charge on any atom is -0.313 e. The van der Waals surface area contributed by atoms with Crippen molar-refractivity contribution in [1.82, 2.24) is 5.32 Å². The van der Waals surface area contributed by atoms with Gasteiger partial charge in [-0.1, -0.05) is 26.0 Å². The summed E-state index contributed by atoms with van der Waals surface area (Å²) in [6, 6.07) is 7.37. The molecule has 0 saturated heterocycles. The smallest absolute Gasteiger partial charge is 0.123 e. The van der Waals surface area contributed by atoms with E-state index in [4.69, 9.17) is 0 Å². The SMILES string of the molecule is CCCNC(CSCC)Cc1cccc(F)c1. The van der Waals surface area contributed by atoms with Gasteiger partial charge in [0.1, 0.15) is 5.82 Å². The van der Waals surface area contributed by atoms with E-state index in [1.807, 2.05) is 17.8 Å². The Morgan fingerprint density at radius 1 is 1.35 bits per heavy atom. The summed E-state index contributed by atoms with van der Waals surface area (Å²) in [5, 5.41) is 3.53. The van der Waals surface area contributed by atoms with E-state index in [-0.39, 0.29) is 5.82 Å². The third-order valence-electron chi connectivity index (χ3n) is 2.58. The fourth-order valence-corrected chi connectivity index (χ4v) is 2.50. The minimum absolute atomic E-state index is 0.139. The van der Waals surface area contributed by atoms with Crippen molar-refractivity contribution < 1.29 is 4.39 Å². The number of hydrogen-bond donors (Lipinski definition) is 1. The number of thioether (sulfide) groups is 1. The summed E-state index contributed by atoms with van der Waals surface area (Å²) in [5.74, 6) is 2.08. The molecular formula is C14H22FNS. The molecule has 0 aromatic heterocycles. The lowest BCUT2D eigenvalue weighted by Crippen LogP contribution is -2.34. The van der Waals surface area contributed by atoms with Crippen LogP contribution in [0.15, 0.2) is 24.3 Å². The van der Waals surface area contributed by atoms with Crippen molar-refractivity contribution in [3.05, 3.63) is 35.6 Å². The molecule has 17 heavy (non-hydrogen) atoms. The molecule has 0 bridgehead atoms. The maximum atomic E-state index is 13.1. The largest absolute Gasteiger partial charge is 0.313 e. The standard InChI is InChI=1S/C14H22FNS/c1-3-8-16-14(11-17-4-2)10-12-6-5-7-13(15)9-12/h5-7,9,14,16H,3-4,8,10-11H2,1-2H3. The Bertz CT molecular complexity index is 309. The van der Waals surface area contributed by atoms with Crippen LogP contribution in [-0.4, -0.2) is 24.1 Å². The first-order valence-corrected chi connectivity index (χ1v) is 7.47. The van der Waals surface area contributed by atoms with Gasteiger partial charge >= 0.3 is 0 Å². The molecule has 0 aliphatic rings. The van der Waals surface area contributed by atoms with Crippen molar-refractivity contribution in [2.24, 2.45) is 0 Å². The first-order valence-electron chi connectivity index (χ1n) is 6.31. The molecule has 0 aliphatic heterocycles. The van der Waals surface area contributed by atoms with E-state index in [2.05, 4.69) is 19.2 Å². The molecule has 1 N–H and O–H groups in total. The third kappa shape index (κ3) is 6.08. The third-order valence-corrected chi connectivity index (χ3v) is 3.62. The van der Waals surface area contributed by atoms with Gasteiger partial charge in [0.15, 0.2) is 0 Å². The number of nitrogens with one attached hydrogen (secondary N) is 1. The highest BCUT2D eigenvalue weighted by Gasteiger charge is 2.08. The van der Waals surface area contributed by atoms with Crippen molar-refractivity contribution in [1.29, 1.82) is 0 Å². The molecule has 1 atom stereocenters. The fraction of sp³-hybridized carbons (Fsp3) is 0.571. The normalized spacial score (nSPS) is 12.6. The summed E-state index contributed by atoms with van der Waals surface area (Å²) in [6.45, 7) is 5.37. The van der Waals surface area contributed by atoms with Gasteiger partial charge in [0.2, 0.25) is 0 Å². The van der Waals surface area contributed by atoms with E-state index >= 15 is 0 Å². The van der Waals surface area contributed by atoms with Crippen LogP contribution in [0.25, 0.3) is 0 Å². The Morgan fingerprint density at radius 3 is 2.82 bits per heavy atom. The summed E-state index contributed by atoms with van der Waals surface area (Å²) in [6.07, 6.45) is 2.04. The van der Waals surface area contributed by atoms with Crippen LogP contribution < -0.4 is 5.32 Å². The summed E-state index contributed by atoms with van der Waals surface area (Å²) in [5.41, 5.74) is 1.08. The Labute approximate surface area is 108 Å². The van der Waals surface area contributed by atoms with Gasteiger partial charge in [-0.15, -0.1) is 0 Å². The van der Waals surface area contributed by atoms with Gasteiger partial charge in [-0.25, -0.2) is 4.39 Å². The second kappa shape index (κ2) is 8.54. The van der Waals surface area contributed by atoms with Crippen LogP contribution in [0.1, 0.15) is 25.8 Å². The molecule has 0 amide bonds. The van der Waals surface area contributed by atoms with Gasteiger partial charge in [0.05, 0.1) is 0 Å². The molecule has 0 heterocycles. The molecule has 96 valence electrons. The zero-order valence-corrected chi connectivity index (χ0v) is 11.5. The lowest BCUT2D eigenvalue weighted by Gasteiger charge is -2.18. The van der Waals surface area contributed by atoms with Gasteiger partial charge < -0.3 is 5.32 Å². The molecule has 0 aliphatic carbocycles. The van der Waals surface area contributed by atoms with Crippen LogP contribution in [0, 0.1) is 5.82 Å². The van der Waals surface area contributed by atoms with Gasteiger partial charge in [-0.2, -0.15) is 11.8 Å². The topological polar surface area (TPSA) is 12.0 Å². The maximum Gasteiger partial charge on any atom is 0.123 e. The van der Waals surface area contributed by atoms with Crippen LogP contribution in [-0.2, 0) is 6.42 Å². The Kier molecular flexibility index (Phi) is 7.29. The van der Waals surface area contributed by atoms with E-state index in [1.165, 1.54) is 6.07 Å². The molecule has 0 radical (unpaired) electrons. The van der Waals surface area contributed by atoms with E-state index in [1.54, 1.807) is 12.1 Å². The monoisotopic (exact) mass is 255 g/mol. The number of halogens is 1. The van der Waals surface area contributed by atoms with Crippen molar-refractivity contribution >= 4 is 11.8 Å². The van der Waals surface area contributed by atoms with Gasteiger partial charge in [0, 0.05) is 11.8 Å². The van der Waals surface area contributed by atoms with E-state index in [9.17, 15) is 4.39 Å². The quantitative estimate of drug-likeness (QED) is 0.763. The molecule has 1 rings (SSSR count). The second-order valence-corrected chi connectivity index (χ2v) is 5.46. The van der Waals surface area contributed by atoms with Crippen molar-refractivity contribution in [3.63, 3.8) is 0 Å². The summed E-state index contributed by atoms with van der Waals surface area (Å²) in [7, 11) is 0. The number of rotatable bonds is 8. The molecule has 1 unspecified atom stereocenters. The lowest BCUT2D eigenvalue weighted by atomic mass is 10.1. The summed E-state index contributed by atoms with van der Waals surface area (Å²) >= 11 is 1.93. The van der Waals surface area contributed by atoms with Crippen LogP contribution in [0.5, 0.6) is 0 Å². The van der Waals surface area contributed by atoms with Crippen molar-refractivity contribution in [3.8, 4) is 0 Å². The Morgan fingerprint density at radius 2 is 2.18 bits per heavy atom. The highest BCUT2D eigenvalue weighted by Crippen LogP contribution is 2.10.